The number of aryl methyl sites for hydroxylation is 1. The molecule has 4 rings (SSSR count). The van der Waals surface area contributed by atoms with E-state index >= 15 is 0 Å². The molecule has 96 valence electrons. The predicted molar refractivity (Wildman–Crippen MR) is 72.8 cm³/mol. The van der Waals surface area contributed by atoms with Gasteiger partial charge in [-0.25, -0.2) is 0 Å². The van der Waals surface area contributed by atoms with Crippen molar-refractivity contribution in [2.45, 2.75) is 26.2 Å². The highest BCUT2D eigenvalue weighted by molar-refractivity contribution is 5.98. The zero-order chi connectivity index (χ0) is 12.5. The Bertz CT molecular complexity index is 429. The molecule has 0 aliphatic carbocycles. The largest absolute Gasteiger partial charge is 0.303 e. The van der Waals surface area contributed by atoms with Crippen molar-refractivity contribution in [3.8, 4) is 0 Å². The Balaban J connectivity index is 1.77. The van der Waals surface area contributed by atoms with Crippen molar-refractivity contribution < 1.29 is 4.79 Å². The summed E-state index contributed by atoms with van der Waals surface area (Å²) >= 11 is 0. The maximum Gasteiger partial charge on any atom is 0.167 e. The van der Waals surface area contributed by atoms with Gasteiger partial charge in [0.15, 0.2) is 5.78 Å². The number of piperidine rings is 3. The number of nitrogens with zero attached hydrogens (tertiary/aromatic N) is 1. The normalized spacial score (nSPS) is 30.4. The molecule has 1 aromatic rings. The van der Waals surface area contributed by atoms with E-state index in [1.807, 2.05) is 12.1 Å². The maximum atomic E-state index is 12.6. The summed E-state index contributed by atoms with van der Waals surface area (Å²) in [6.07, 6.45) is 3.46. The van der Waals surface area contributed by atoms with E-state index in [9.17, 15) is 4.79 Å². The lowest BCUT2D eigenvalue weighted by Gasteiger charge is -2.44. The minimum Gasteiger partial charge on any atom is -0.303 e. The van der Waals surface area contributed by atoms with Crippen LogP contribution in [0.3, 0.4) is 0 Å². The Hall–Kier alpha value is -1.15. The molecule has 0 radical (unpaired) electrons. The van der Waals surface area contributed by atoms with Gasteiger partial charge in [-0.2, -0.15) is 0 Å². The fourth-order valence-electron chi connectivity index (χ4n) is 3.38. The summed E-state index contributed by atoms with van der Waals surface area (Å²) < 4.78 is 0. The summed E-state index contributed by atoms with van der Waals surface area (Å²) in [6, 6.07) is 8.21. The number of Topliss-reactive ketones (excluding diaryl/α,β-unsaturated/α-hetero) is 1. The lowest BCUT2D eigenvalue weighted by molar-refractivity contribution is 0.0419. The van der Waals surface area contributed by atoms with E-state index in [0.717, 1.165) is 18.5 Å². The van der Waals surface area contributed by atoms with Crippen LogP contribution in [-0.2, 0) is 6.42 Å². The van der Waals surface area contributed by atoms with Gasteiger partial charge in [-0.05, 0) is 43.8 Å². The van der Waals surface area contributed by atoms with Crippen LogP contribution in [0, 0.1) is 11.8 Å². The second-order valence-corrected chi connectivity index (χ2v) is 5.66. The van der Waals surface area contributed by atoms with Crippen molar-refractivity contribution in [1.82, 2.24) is 4.90 Å². The molecule has 0 N–H and O–H groups in total. The van der Waals surface area contributed by atoms with E-state index in [0.29, 0.717) is 11.7 Å². The molecule has 3 heterocycles. The molecule has 0 saturated carbocycles. The number of rotatable bonds is 3. The number of fused-ring (bicyclic) bond motifs is 3. The van der Waals surface area contributed by atoms with E-state index < -0.39 is 0 Å². The Morgan fingerprint density at radius 2 is 1.89 bits per heavy atom. The van der Waals surface area contributed by atoms with Gasteiger partial charge >= 0.3 is 0 Å². The molecule has 2 bridgehead atoms. The van der Waals surface area contributed by atoms with Gasteiger partial charge in [-0.15, -0.1) is 0 Å². The summed E-state index contributed by atoms with van der Waals surface area (Å²) in [7, 11) is 0. The first-order valence-electron chi connectivity index (χ1n) is 7.13. The smallest absolute Gasteiger partial charge is 0.167 e. The quantitative estimate of drug-likeness (QED) is 0.761. The molecule has 2 nitrogen and oxygen atoms in total. The van der Waals surface area contributed by atoms with Gasteiger partial charge in [-0.1, -0.05) is 31.2 Å². The lowest BCUT2D eigenvalue weighted by Crippen LogP contribution is -2.50. The number of ketones is 1. The molecule has 0 spiro atoms. The maximum absolute atomic E-state index is 12.6. The minimum absolute atomic E-state index is 0.250. The Morgan fingerprint density at radius 3 is 2.39 bits per heavy atom. The van der Waals surface area contributed by atoms with Crippen molar-refractivity contribution >= 4 is 5.78 Å². The van der Waals surface area contributed by atoms with Crippen LogP contribution in [-0.4, -0.2) is 30.3 Å². The minimum atomic E-state index is 0.250. The molecule has 3 fully saturated rings. The van der Waals surface area contributed by atoms with Gasteiger partial charge < -0.3 is 4.90 Å². The molecular formula is C16H21NO. The average molecular weight is 243 g/mol. The van der Waals surface area contributed by atoms with Crippen molar-refractivity contribution in [1.29, 1.82) is 0 Å². The van der Waals surface area contributed by atoms with Crippen LogP contribution in [0.15, 0.2) is 24.3 Å². The van der Waals surface area contributed by atoms with Gasteiger partial charge in [-0.3, -0.25) is 4.79 Å². The monoisotopic (exact) mass is 243 g/mol. The van der Waals surface area contributed by atoms with Crippen LogP contribution < -0.4 is 0 Å². The molecule has 3 aliphatic rings. The highest BCUT2D eigenvalue weighted by Crippen LogP contribution is 2.34. The molecule has 3 aliphatic heterocycles. The summed E-state index contributed by atoms with van der Waals surface area (Å²) in [4.78, 5) is 15.0. The van der Waals surface area contributed by atoms with Gasteiger partial charge in [0.2, 0.25) is 0 Å². The topological polar surface area (TPSA) is 20.3 Å². The van der Waals surface area contributed by atoms with Crippen LogP contribution in [0.4, 0.5) is 0 Å². The fraction of sp³-hybridized carbons (Fsp3) is 0.562. The number of hydrogen-bond acceptors (Lipinski definition) is 2. The average Bonchev–Trinajstić information content (AvgIpc) is 2.48. The first-order valence-corrected chi connectivity index (χ1v) is 7.13. The van der Waals surface area contributed by atoms with Crippen molar-refractivity contribution in [3.63, 3.8) is 0 Å². The van der Waals surface area contributed by atoms with E-state index in [4.69, 9.17) is 0 Å². The highest BCUT2D eigenvalue weighted by atomic mass is 16.1. The lowest BCUT2D eigenvalue weighted by atomic mass is 9.75. The number of carbonyl (C=O) groups is 1. The standard InChI is InChI=1S/C16H21NO/c1-2-12-3-5-14(6-4-12)16(18)15-11-17-9-7-13(15)8-10-17/h3-6,13,15H,2,7-11H2,1H3. The molecule has 1 aromatic carbocycles. The van der Waals surface area contributed by atoms with Crippen molar-refractivity contribution in [2.24, 2.45) is 11.8 Å². The van der Waals surface area contributed by atoms with E-state index in [2.05, 4.69) is 24.0 Å². The summed E-state index contributed by atoms with van der Waals surface area (Å²) in [5.74, 6) is 1.25. The van der Waals surface area contributed by atoms with Crippen molar-refractivity contribution in [3.05, 3.63) is 35.4 Å². The Morgan fingerprint density at radius 1 is 1.22 bits per heavy atom. The molecule has 18 heavy (non-hydrogen) atoms. The van der Waals surface area contributed by atoms with Crippen LogP contribution in [0.1, 0.15) is 35.7 Å². The summed E-state index contributed by atoms with van der Waals surface area (Å²) in [5.41, 5.74) is 2.21. The molecule has 1 atom stereocenters. The highest BCUT2D eigenvalue weighted by Gasteiger charge is 2.38. The van der Waals surface area contributed by atoms with E-state index in [1.54, 1.807) is 0 Å². The predicted octanol–water partition coefficient (Wildman–Crippen LogP) is 2.77. The Kier molecular flexibility index (Phi) is 3.21. The van der Waals surface area contributed by atoms with Crippen LogP contribution in [0.25, 0.3) is 0 Å². The second kappa shape index (κ2) is 4.85. The third-order valence-electron chi connectivity index (χ3n) is 4.64. The van der Waals surface area contributed by atoms with Gasteiger partial charge in [0, 0.05) is 18.0 Å². The molecule has 2 heteroatoms. The van der Waals surface area contributed by atoms with Crippen molar-refractivity contribution in [2.75, 3.05) is 19.6 Å². The SMILES string of the molecule is CCc1ccc(C(=O)C2CN3CCC2CC3)cc1. The van der Waals surface area contributed by atoms with Crippen LogP contribution >= 0.6 is 0 Å². The van der Waals surface area contributed by atoms with Crippen LogP contribution in [0.5, 0.6) is 0 Å². The van der Waals surface area contributed by atoms with E-state index in [-0.39, 0.29) is 5.92 Å². The fourth-order valence-corrected chi connectivity index (χ4v) is 3.38. The zero-order valence-corrected chi connectivity index (χ0v) is 11.1. The molecule has 1 unspecified atom stereocenters. The first-order chi connectivity index (χ1) is 8.78. The Labute approximate surface area is 109 Å². The summed E-state index contributed by atoms with van der Waals surface area (Å²) in [5, 5.41) is 0. The molecule has 0 aromatic heterocycles. The number of benzene rings is 1. The van der Waals surface area contributed by atoms with Crippen LogP contribution in [0.2, 0.25) is 0 Å². The third-order valence-corrected chi connectivity index (χ3v) is 4.64. The van der Waals surface area contributed by atoms with Gasteiger partial charge in [0.1, 0.15) is 0 Å². The number of hydrogen-bond donors (Lipinski definition) is 0. The second-order valence-electron chi connectivity index (χ2n) is 5.66. The molecular weight excluding hydrogens is 222 g/mol. The third kappa shape index (κ3) is 2.10. The first kappa shape index (κ1) is 11.9. The zero-order valence-electron chi connectivity index (χ0n) is 11.1. The van der Waals surface area contributed by atoms with E-state index in [1.165, 1.54) is 31.5 Å². The molecule has 3 saturated heterocycles. The molecule has 0 amide bonds. The number of carbonyl (C=O) groups excluding carboxylic acids is 1. The van der Waals surface area contributed by atoms with Gasteiger partial charge in [0.25, 0.3) is 0 Å². The summed E-state index contributed by atoms with van der Waals surface area (Å²) in [6.45, 7) is 5.52. The van der Waals surface area contributed by atoms with Gasteiger partial charge in [0.05, 0.1) is 0 Å².